The summed E-state index contributed by atoms with van der Waals surface area (Å²) in [6.07, 6.45) is 3.30. The van der Waals surface area contributed by atoms with E-state index in [-0.39, 0.29) is 17.6 Å². The number of hydrogen-bond acceptors (Lipinski definition) is 6. The maximum atomic E-state index is 13.1. The number of piperazine rings is 1. The van der Waals surface area contributed by atoms with Crippen LogP contribution in [0.4, 0.5) is 4.39 Å². The summed E-state index contributed by atoms with van der Waals surface area (Å²) in [5.41, 5.74) is 2.11. The van der Waals surface area contributed by atoms with Crippen LogP contribution >= 0.6 is 11.3 Å². The number of carbonyl (C=O) groups excluding carboxylic acids is 2. The third kappa shape index (κ3) is 4.13. The molecule has 2 amide bonds. The van der Waals surface area contributed by atoms with E-state index in [1.54, 1.807) is 35.5 Å². The second kappa shape index (κ2) is 8.76. The van der Waals surface area contributed by atoms with Crippen LogP contribution in [-0.2, 0) is 0 Å². The van der Waals surface area contributed by atoms with E-state index in [0.717, 1.165) is 24.2 Å². The largest absolute Gasteiger partial charge is 0.334 e. The average Bonchev–Trinajstić information content (AvgIpc) is 3.34. The summed E-state index contributed by atoms with van der Waals surface area (Å²) in [5.74, 6) is -0.363. The molecule has 4 heterocycles. The van der Waals surface area contributed by atoms with E-state index < -0.39 is 0 Å². The summed E-state index contributed by atoms with van der Waals surface area (Å²) in [7, 11) is 0. The molecule has 0 aliphatic carbocycles. The lowest BCUT2D eigenvalue weighted by atomic mass is 10.0. The highest BCUT2D eigenvalue weighted by atomic mass is 32.1. The zero-order valence-electron chi connectivity index (χ0n) is 17.4. The van der Waals surface area contributed by atoms with Crippen molar-refractivity contribution in [3.8, 4) is 11.1 Å². The minimum atomic E-state index is -0.284. The highest BCUT2D eigenvalue weighted by molar-refractivity contribution is 7.11. The van der Waals surface area contributed by atoms with Crippen molar-refractivity contribution in [1.82, 2.24) is 24.7 Å². The molecule has 2 saturated heterocycles. The van der Waals surface area contributed by atoms with Gasteiger partial charge in [0.2, 0.25) is 0 Å². The minimum absolute atomic E-state index is 0.000206. The molecule has 32 heavy (non-hydrogen) atoms. The van der Waals surface area contributed by atoms with Gasteiger partial charge in [-0.2, -0.15) is 0 Å². The molecule has 164 valence electrons. The molecule has 2 aliphatic rings. The Labute approximate surface area is 189 Å². The van der Waals surface area contributed by atoms with E-state index >= 15 is 0 Å². The lowest BCUT2D eigenvalue weighted by molar-refractivity contribution is 0.00823. The molecule has 2 aliphatic heterocycles. The fourth-order valence-corrected chi connectivity index (χ4v) is 4.70. The van der Waals surface area contributed by atoms with Crippen molar-refractivity contribution in [2.45, 2.75) is 6.04 Å². The van der Waals surface area contributed by atoms with Crippen LogP contribution in [0, 0.1) is 5.82 Å². The molecule has 0 radical (unpaired) electrons. The van der Waals surface area contributed by atoms with E-state index in [1.807, 2.05) is 16.3 Å². The van der Waals surface area contributed by atoms with Gasteiger partial charge in [0.25, 0.3) is 11.8 Å². The summed E-state index contributed by atoms with van der Waals surface area (Å²) < 4.78 is 13.1. The first kappa shape index (κ1) is 20.7. The van der Waals surface area contributed by atoms with E-state index in [1.165, 1.54) is 23.5 Å². The molecule has 0 N–H and O–H groups in total. The van der Waals surface area contributed by atoms with Crippen LogP contribution in [0.25, 0.3) is 11.1 Å². The Balaban J connectivity index is 1.12. The lowest BCUT2D eigenvalue weighted by Crippen LogP contribution is -2.64. The van der Waals surface area contributed by atoms with Crippen LogP contribution < -0.4 is 0 Å². The van der Waals surface area contributed by atoms with Crippen molar-refractivity contribution in [2.75, 3.05) is 39.3 Å². The molecular weight excluding hydrogens is 429 g/mol. The first-order valence-electron chi connectivity index (χ1n) is 10.5. The normalized spacial score (nSPS) is 17.3. The summed E-state index contributed by atoms with van der Waals surface area (Å²) in [6, 6.07) is 10.1. The van der Waals surface area contributed by atoms with Gasteiger partial charge in [-0.15, -0.1) is 11.3 Å². The standard InChI is InChI=1S/C23H22FN5O2S/c24-18-4-1-16(2-5-18)17-3-6-20(26-13-17)22(30)29-14-19(15-29)27-8-10-28(11-9-27)23(31)21-25-7-12-32-21/h1-7,12-13,19H,8-11,14-15H2. The van der Waals surface area contributed by atoms with E-state index in [9.17, 15) is 14.0 Å². The van der Waals surface area contributed by atoms with Crippen molar-refractivity contribution in [1.29, 1.82) is 0 Å². The number of nitrogens with zero attached hydrogens (tertiary/aromatic N) is 5. The van der Waals surface area contributed by atoms with Gasteiger partial charge < -0.3 is 9.80 Å². The van der Waals surface area contributed by atoms with Crippen molar-refractivity contribution in [2.24, 2.45) is 0 Å². The van der Waals surface area contributed by atoms with Gasteiger partial charge in [-0.3, -0.25) is 19.5 Å². The van der Waals surface area contributed by atoms with Gasteiger partial charge in [0, 0.05) is 68.6 Å². The Morgan fingerprint density at radius 2 is 1.59 bits per heavy atom. The molecule has 5 rings (SSSR count). The fraction of sp³-hybridized carbons (Fsp3) is 0.304. The predicted molar refractivity (Wildman–Crippen MR) is 119 cm³/mol. The lowest BCUT2D eigenvalue weighted by Gasteiger charge is -2.47. The molecule has 0 unspecified atom stereocenters. The number of benzene rings is 1. The first-order valence-corrected chi connectivity index (χ1v) is 11.4. The maximum absolute atomic E-state index is 13.1. The van der Waals surface area contributed by atoms with E-state index in [0.29, 0.717) is 42.9 Å². The molecular formula is C23H22FN5O2S. The van der Waals surface area contributed by atoms with Gasteiger partial charge in [0.05, 0.1) is 0 Å². The molecule has 7 nitrogen and oxygen atoms in total. The fourth-order valence-electron chi connectivity index (χ4n) is 4.10. The second-order valence-electron chi connectivity index (χ2n) is 7.97. The third-order valence-electron chi connectivity index (χ3n) is 6.04. The topological polar surface area (TPSA) is 69.6 Å². The predicted octanol–water partition coefficient (Wildman–Crippen LogP) is 2.63. The van der Waals surface area contributed by atoms with Gasteiger partial charge in [-0.1, -0.05) is 18.2 Å². The van der Waals surface area contributed by atoms with Gasteiger partial charge in [0.15, 0.2) is 5.01 Å². The Morgan fingerprint density at radius 1 is 0.875 bits per heavy atom. The molecule has 2 aromatic heterocycles. The van der Waals surface area contributed by atoms with Gasteiger partial charge in [0.1, 0.15) is 11.5 Å². The third-order valence-corrected chi connectivity index (χ3v) is 6.80. The van der Waals surface area contributed by atoms with E-state index in [4.69, 9.17) is 0 Å². The SMILES string of the molecule is O=C(c1ccc(-c2ccc(F)cc2)cn1)N1CC(N2CCN(C(=O)c3nccs3)CC2)C1. The van der Waals surface area contributed by atoms with Crippen molar-refractivity contribution >= 4 is 23.2 Å². The quantitative estimate of drug-likeness (QED) is 0.610. The monoisotopic (exact) mass is 451 g/mol. The Bertz CT molecular complexity index is 1090. The molecule has 9 heteroatoms. The number of thiazole rings is 1. The minimum Gasteiger partial charge on any atom is -0.334 e. The smallest absolute Gasteiger partial charge is 0.282 e. The van der Waals surface area contributed by atoms with Crippen molar-refractivity contribution in [3.63, 3.8) is 0 Å². The first-order chi connectivity index (χ1) is 15.6. The van der Waals surface area contributed by atoms with Gasteiger partial charge in [-0.25, -0.2) is 9.37 Å². The molecule has 2 fully saturated rings. The second-order valence-corrected chi connectivity index (χ2v) is 8.86. The van der Waals surface area contributed by atoms with Gasteiger partial charge in [-0.05, 0) is 23.8 Å². The zero-order chi connectivity index (χ0) is 22.1. The number of halogens is 1. The number of aromatic nitrogens is 2. The van der Waals surface area contributed by atoms with Crippen LogP contribution in [0.2, 0.25) is 0 Å². The molecule has 0 atom stereocenters. The number of amides is 2. The van der Waals surface area contributed by atoms with Crippen LogP contribution in [-0.4, -0.2) is 81.8 Å². The highest BCUT2D eigenvalue weighted by Gasteiger charge is 2.37. The number of pyridine rings is 1. The summed E-state index contributed by atoms with van der Waals surface area (Å²) in [6.45, 7) is 4.29. The number of carbonyl (C=O) groups is 2. The summed E-state index contributed by atoms with van der Waals surface area (Å²) in [4.78, 5) is 39.6. The molecule has 0 spiro atoms. The van der Waals surface area contributed by atoms with Crippen molar-refractivity contribution < 1.29 is 14.0 Å². The Kier molecular flexibility index (Phi) is 5.67. The average molecular weight is 452 g/mol. The van der Waals surface area contributed by atoms with Crippen LogP contribution in [0.15, 0.2) is 54.2 Å². The summed E-state index contributed by atoms with van der Waals surface area (Å²) >= 11 is 1.37. The highest BCUT2D eigenvalue weighted by Crippen LogP contribution is 2.22. The number of rotatable bonds is 4. The molecule has 0 saturated carbocycles. The van der Waals surface area contributed by atoms with Crippen molar-refractivity contribution in [3.05, 3.63) is 70.7 Å². The molecule has 1 aromatic carbocycles. The van der Waals surface area contributed by atoms with Gasteiger partial charge >= 0.3 is 0 Å². The molecule has 3 aromatic rings. The van der Waals surface area contributed by atoms with Crippen LogP contribution in [0.3, 0.4) is 0 Å². The summed E-state index contributed by atoms with van der Waals surface area (Å²) in [5, 5.41) is 2.35. The number of likely N-dealkylation sites (tertiary alicyclic amines) is 1. The Morgan fingerprint density at radius 3 is 2.22 bits per heavy atom. The molecule has 0 bridgehead atoms. The van der Waals surface area contributed by atoms with Crippen LogP contribution in [0.5, 0.6) is 0 Å². The Hall–Kier alpha value is -3.17. The number of hydrogen-bond donors (Lipinski definition) is 0. The van der Waals surface area contributed by atoms with Crippen LogP contribution in [0.1, 0.15) is 20.3 Å². The zero-order valence-corrected chi connectivity index (χ0v) is 18.2. The maximum Gasteiger partial charge on any atom is 0.282 e. The van der Waals surface area contributed by atoms with E-state index in [2.05, 4.69) is 14.9 Å².